The van der Waals surface area contributed by atoms with Crippen LogP contribution in [0.2, 0.25) is 0 Å². The zero-order chi connectivity index (χ0) is 21.3. The summed E-state index contributed by atoms with van der Waals surface area (Å²) >= 11 is 0. The van der Waals surface area contributed by atoms with Crippen molar-refractivity contribution < 1.29 is 23.5 Å². The van der Waals surface area contributed by atoms with Crippen LogP contribution in [-0.4, -0.2) is 22.9 Å². The number of benzene rings is 2. The molecule has 0 aromatic heterocycles. The molecule has 0 fully saturated rings. The third kappa shape index (κ3) is 7.75. The molecule has 2 N–H and O–H groups in total. The second-order valence-electron chi connectivity index (χ2n) is 7.42. The number of nitrogens with one attached hydrogen (secondary N) is 1. The Morgan fingerprint density at radius 2 is 1.38 bits per heavy atom. The number of carboxylic acids is 1. The molecule has 0 bridgehead atoms. The molecule has 0 aliphatic heterocycles. The Labute approximate surface area is 172 Å². The Kier molecular flexibility index (Phi) is 9.05. The van der Waals surface area contributed by atoms with E-state index in [2.05, 4.69) is 5.32 Å². The van der Waals surface area contributed by atoms with E-state index in [4.69, 9.17) is 9.05 Å². The van der Waals surface area contributed by atoms with Crippen molar-refractivity contribution in [1.29, 1.82) is 0 Å². The summed E-state index contributed by atoms with van der Waals surface area (Å²) in [6.45, 7) is 5.76. The number of hydrogen-bond acceptors (Lipinski definition) is 5. The van der Waals surface area contributed by atoms with Gasteiger partial charge < -0.3 is 14.2 Å². The minimum atomic E-state index is -3.65. The topological polar surface area (TPSA) is 84.9 Å². The number of aliphatic carboxylic acids is 1. The molecular weight excluding hydrogens is 389 g/mol. The predicted octanol–water partition coefficient (Wildman–Crippen LogP) is 5.05. The lowest BCUT2D eigenvalue weighted by molar-refractivity contribution is -0.140. The van der Waals surface area contributed by atoms with Gasteiger partial charge in [0.2, 0.25) is 0 Å². The lowest BCUT2D eigenvalue weighted by atomic mass is 10.0. The van der Waals surface area contributed by atoms with E-state index in [1.54, 1.807) is 6.92 Å². The summed E-state index contributed by atoms with van der Waals surface area (Å²) < 4.78 is 25.1. The normalized spacial score (nSPS) is 13.9. The third-order valence-electron chi connectivity index (χ3n) is 4.43. The van der Waals surface area contributed by atoms with E-state index in [0.717, 1.165) is 11.1 Å². The molecule has 2 atom stereocenters. The van der Waals surface area contributed by atoms with Gasteiger partial charge >= 0.3 is 13.6 Å². The van der Waals surface area contributed by atoms with Crippen LogP contribution >= 0.6 is 7.60 Å². The quantitative estimate of drug-likeness (QED) is 0.469. The number of rotatable bonds is 12. The van der Waals surface area contributed by atoms with E-state index in [0.29, 0.717) is 6.42 Å². The molecule has 0 saturated heterocycles. The summed E-state index contributed by atoms with van der Waals surface area (Å²) in [5, 5.41) is 12.5. The van der Waals surface area contributed by atoms with Crippen LogP contribution in [0, 0.1) is 5.92 Å². The highest BCUT2D eigenvalue weighted by Gasteiger charge is 2.36. The zero-order valence-electron chi connectivity index (χ0n) is 17.2. The van der Waals surface area contributed by atoms with Crippen LogP contribution in [0.4, 0.5) is 0 Å². The molecule has 2 aromatic carbocycles. The second-order valence-corrected chi connectivity index (χ2v) is 9.79. The van der Waals surface area contributed by atoms with E-state index in [1.807, 2.05) is 74.5 Å². The summed E-state index contributed by atoms with van der Waals surface area (Å²) in [5.41, 5.74) is 1.72. The molecule has 7 heteroatoms. The zero-order valence-corrected chi connectivity index (χ0v) is 18.0. The summed E-state index contributed by atoms with van der Waals surface area (Å²) in [5.74, 6) is -1.59. The van der Waals surface area contributed by atoms with Gasteiger partial charge in [0.15, 0.2) is 0 Å². The summed E-state index contributed by atoms with van der Waals surface area (Å²) in [4.78, 5) is 11.6. The maximum Gasteiger partial charge on any atom is 0.347 e. The predicted molar refractivity (Wildman–Crippen MR) is 114 cm³/mol. The Morgan fingerprint density at radius 3 is 1.76 bits per heavy atom. The van der Waals surface area contributed by atoms with Crippen LogP contribution in [0.5, 0.6) is 0 Å². The SMILES string of the molecule is CC(C)C[C@H](N[C@@H](C)P(=O)(OCc1ccccc1)OCc1ccccc1)C(=O)O. The van der Waals surface area contributed by atoms with Gasteiger partial charge in [-0.1, -0.05) is 74.5 Å². The summed E-state index contributed by atoms with van der Waals surface area (Å²) in [7, 11) is -3.65. The van der Waals surface area contributed by atoms with E-state index >= 15 is 0 Å². The van der Waals surface area contributed by atoms with Gasteiger partial charge in [-0.05, 0) is 30.4 Å². The Balaban J connectivity index is 2.14. The van der Waals surface area contributed by atoms with Crippen LogP contribution in [0.1, 0.15) is 38.3 Å². The largest absolute Gasteiger partial charge is 0.480 e. The minimum absolute atomic E-state index is 0.112. The second kappa shape index (κ2) is 11.3. The maximum absolute atomic E-state index is 13.6. The highest BCUT2D eigenvalue weighted by Crippen LogP contribution is 2.53. The lowest BCUT2D eigenvalue weighted by Gasteiger charge is -2.28. The summed E-state index contributed by atoms with van der Waals surface area (Å²) in [6.07, 6.45) is 0.414. The van der Waals surface area contributed by atoms with Gasteiger partial charge in [-0.15, -0.1) is 0 Å². The van der Waals surface area contributed by atoms with Crippen molar-refractivity contribution in [3.63, 3.8) is 0 Å². The van der Waals surface area contributed by atoms with Crippen molar-refractivity contribution in [2.24, 2.45) is 5.92 Å². The number of carboxylic acid groups (broad SMARTS) is 1. The smallest absolute Gasteiger partial charge is 0.347 e. The molecule has 2 rings (SSSR count). The molecule has 158 valence electrons. The van der Waals surface area contributed by atoms with Crippen LogP contribution in [0.15, 0.2) is 60.7 Å². The third-order valence-corrected chi connectivity index (χ3v) is 6.51. The molecule has 0 heterocycles. The lowest BCUT2D eigenvalue weighted by Crippen LogP contribution is -2.43. The highest BCUT2D eigenvalue weighted by molar-refractivity contribution is 7.54. The van der Waals surface area contributed by atoms with E-state index in [1.165, 1.54) is 0 Å². The van der Waals surface area contributed by atoms with Crippen molar-refractivity contribution in [1.82, 2.24) is 5.32 Å². The first-order valence-electron chi connectivity index (χ1n) is 9.75. The molecule has 0 unspecified atom stereocenters. The van der Waals surface area contributed by atoms with Crippen LogP contribution in [-0.2, 0) is 31.6 Å². The number of hydrogen-bond donors (Lipinski definition) is 2. The molecule has 0 spiro atoms. The maximum atomic E-state index is 13.6. The summed E-state index contributed by atoms with van der Waals surface area (Å²) in [6, 6.07) is 17.9. The first-order chi connectivity index (χ1) is 13.8. The monoisotopic (exact) mass is 419 g/mol. The van der Waals surface area contributed by atoms with E-state index in [-0.39, 0.29) is 19.1 Å². The molecule has 2 aromatic rings. The van der Waals surface area contributed by atoms with Gasteiger partial charge in [-0.2, -0.15) is 0 Å². The molecule has 0 aliphatic rings. The Morgan fingerprint density at radius 1 is 0.931 bits per heavy atom. The van der Waals surface area contributed by atoms with Gasteiger partial charge in [-0.25, -0.2) is 0 Å². The van der Waals surface area contributed by atoms with Gasteiger partial charge in [0, 0.05) is 0 Å². The van der Waals surface area contributed by atoms with Crippen molar-refractivity contribution in [2.75, 3.05) is 0 Å². The van der Waals surface area contributed by atoms with Crippen LogP contribution in [0.25, 0.3) is 0 Å². The van der Waals surface area contributed by atoms with Crippen molar-refractivity contribution in [2.45, 2.75) is 52.2 Å². The van der Waals surface area contributed by atoms with E-state index < -0.39 is 25.4 Å². The molecule has 6 nitrogen and oxygen atoms in total. The molecule has 0 radical (unpaired) electrons. The van der Waals surface area contributed by atoms with Gasteiger partial charge in [-0.3, -0.25) is 14.7 Å². The fraction of sp³-hybridized carbons (Fsp3) is 0.409. The Bertz CT molecular complexity index is 750. The highest BCUT2D eigenvalue weighted by atomic mass is 31.2. The van der Waals surface area contributed by atoms with Gasteiger partial charge in [0.05, 0.1) is 13.2 Å². The van der Waals surface area contributed by atoms with Crippen LogP contribution in [0.3, 0.4) is 0 Å². The molecule has 0 aliphatic carbocycles. The molecular formula is C22H30NO5P. The van der Waals surface area contributed by atoms with Gasteiger partial charge in [0.1, 0.15) is 11.8 Å². The molecule has 29 heavy (non-hydrogen) atoms. The van der Waals surface area contributed by atoms with Crippen molar-refractivity contribution in [3.8, 4) is 0 Å². The van der Waals surface area contributed by atoms with E-state index in [9.17, 15) is 14.5 Å². The number of carbonyl (C=O) groups is 1. The average Bonchev–Trinajstić information content (AvgIpc) is 2.71. The van der Waals surface area contributed by atoms with Crippen molar-refractivity contribution >= 4 is 13.6 Å². The van der Waals surface area contributed by atoms with Gasteiger partial charge in [0.25, 0.3) is 0 Å². The molecule has 0 saturated carbocycles. The molecule has 0 amide bonds. The average molecular weight is 419 g/mol. The minimum Gasteiger partial charge on any atom is -0.480 e. The first-order valence-corrected chi connectivity index (χ1v) is 11.4. The standard InChI is InChI=1S/C22H30NO5P/c1-17(2)14-21(22(24)25)23-18(3)29(26,27-15-19-10-6-4-7-11-19)28-16-20-12-8-5-9-13-20/h4-13,17-18,21,23H,14-16H2,1-3H3,(H,24,25)/t18-,21+/m1/s1. The Hall–Kier alpha value is -1.98. The fourth-order valence-electron chi connectivity index (χ4n) is 2.83. The van der Waals surface area contributed by atoms with Crippen LogP contribution < -0.4 is 5.32 Å². The first kappa shape index (κ1) is 23.3. The fourth-order valence-corrected chi connectivity index (χ4v) is 4.37. The van der Waals surface area contributed by atoms with Crippen molar-refractivity contribution in [3.05, 3.63) is 71.8 Å².